The molecule has 2 aromatic rings. The van der Waals surface area contributed by atoms with E-state index in [-0.39, 0.29) is 6.04 Å². The molecule has 0 spiro atoms. The molecule has 0 bridgehead atoms. The lowest BCUT2D eigenvalue weighted by molar-refractivity contribution is 0.428. The fourth-order valence-electron chi connectivity index (χ4n) is 3.25. The Morgan fingerprint density at radius 1 is 1.29 bits per heavy atom. The molecule has 0 saturated carbocycles. The van der Waals surface area contributed by atoms with Crippen LogP contribution in [-0.4, -0.2) is 16.5 Å². The van der Waals surface area contributed by atoms with Crippen LogP contribution in [0.5, 0.6) is 0 Å². The van der Waals surface area contributed by atoms with E-state index >= 15 is 0 Å². The minimum atomic E-state index is 0.265. The molecule has 21 heavy (non-hydrogen) atoms. The lowest BCUT2D eigenvalue weighted by Crippen LogP contribution is -2.28. The number of fused-ring (bicyclic) bond motifs is 1. The van der Waals surface area contributed by atoms with Crippen LogP contribution >= 0.6 is 0 Å². The quantitative estimate of drug-likeness (QED) is 0.910. The number of aromatic nitrogens is 2. The summed E-state index contributed by atoms with van der Waals surface area (Å²) in [6.45, 7) is 5.34. The summed E-state index contributed by atoms with van der Waals surface area (Å²) in [5, 5.41) is 3.69. The van der Waals surface area contributed by atoms with Crippen LogP contribution in [0.1, 0.15) is 54.2 Å². The Hall–Kier alpha value is -1.74. The monoisotopic (exact) mass is 281 g/mol. The molecule has 3 rings (SSSR count). The van der Waals surface area contributed by atoms with E-state index in [0.29, 0.717) is 5.92 Å². The molecular formula is C18H23N3. The first-order valence-electron chi connectivity index (χ1n) is 7.89. The maximum Gasteiger partial charge on any atom is 0.0582 e. The van der Waals surface area contributed by atoms with E-state index in [1.165, 1.54) is 16.8 Å². The van der Waals surface area contributed by atoms with Crippen LogP contribution in [0, 0.1) is 6.92 Å². The van der Waals surface area contributed by atoms with Crippen LogP contribution in [-0.2, 0) is 6.42 Å². The molecule has 110 valence electrons. The highest BCUT2D eigenvalue weighted by molar-refractivity contribution is 5.32. The van der Waals surface area contributed by atoms with Gasteiger partial charge in [-0.05, 0) is 62.1 Å². The molecule has 3 heteroatoms. The molecule has 2 unspecified atom stereocenters. The van der Waals surface area contributed by atoms with Crippen molar-refractivity contribution in [2.75, 3.05) is 6.54 Å². The van der Waals surface area contributed by atoms with Gasteiger partial charge in [0.15, 0.2) is 0 Å². The van der Waals surface area contributed by atoms with Crippen molar-refractivity contribution in [2.45, 2.75) is 45.1 Å². The van der Waals surface area contributed by atoms with Gasteiger partial charge in [-0.3, -0.25) is 9.97 Å². The summed E-state index contributed by atoms with van der Waals surface area (Å²) in [5.41, 5.74) is 5.07. The van der Waals surface area contributed by atoms with Crippen LogP contribution in [0.2, 0.25) is 0 Å². The second kappa shape index (κ2) is 6.35. The molecule has 3 nitrogen and oxygen atoms in total. The van der Waals surface area contributed by atoms with Gasteiger partial charge in [0.1, 0.15) is 0 Å². The fourth-order valence-corrected chi connectivity index (χ4v) is 3.25. The first-order valence-corrected chi connectivity index (χ1v) is 7.89. The summed E-state index contributed by atoms with van der Waals surface area (Å²) in [7, 11) is 0. The minimum Gasteiger partial charge on any atom is -0.308 e. The smallest absolute Gasteiger partial charge is 0.0582 e. The molecule has 2 atom stereocenters. The topological polar surface area (TPSA) is 37.8 Å². The number of nitrogens with one attached hydrogen (secondary N) is 1. The van der Waals surface area contributed by atoms with Crippen LogP contribution in [0.3, 0.4) is 0 Å². The molecule has 2 aromatic heterocycles. The van der Waals surface area contributed by atoms with Crippen LogP contribution < -0.4 is 5.32 Å². The molecule has 1 aliphatic carbocycles. The van der Waals surface area contributed by atoms with Gasteiger partial charge in [0.25, 0.3) is 0 Å². The molecule has 0 radical (unpaired) electrons. The second-order valence-electron chi connectivity index (χ2n) is 5.88. The summed E-state index contributed by atoms with van der Waals surface area (Å²) in [6.07, 6.45) is 7.24. The highest BCUT2D eigenvalue weighted by Crippen LogP contribution is 2.39. The Morgan fingerprint density at radius 3 is 3.00 bits per heavy atom. The van der Waals surface area contributed by atoms with Crippen LogP contribution in [0.4, 0.5) is 0 Å². The molecule has 2 heterocycles. The molecule has 0 aliphatic heterocycles. The predicted octanol–water partition coefficient (Wildman–Crippen LogP) is 3.56. The van der Waals surface area contributed by atoms with Gasteiger partial charge in [0, 0.05) is 24.0 Å². The van der Waals surface area contributed by atoms with Gasteiger partial charge < -0.3 is 5.32 Å². The highest BCUT2D eigenvalue weighted by atomic mass is 15.0. The van der Waals surface area contributed by atoms with E-state index in [2.05, 4.69) is 47.3 Å². The zero-order chi connectivity index (χ0) is 14.7. The van der Waals surface area contributed by atoms with Crippen molar-refractivity contribution in [3.05, 3.63) is 59.2 Å². The summed E-state index contributed by atoms with van der Waals surface area (Å²) in [5.74, 6) is 0.432. The zero-order valence-electron chi connectivity index (χ0n) is 12.8. The van der Waals surface area contributed by atoms with Crippen molar-refractivity contribution in [3.63, 3.8) is 0 Å². The van der Waals surface area contributed by atoms with Gasteiger partial charge in [-0.2, -0.15) is 0 Å². The lowest BCUT2D eigenvalue weighted by atomic mass is 9.93. The standard InChI is InChI=1S/C18H23N3/c1-3-9-20-18(16-12-13(2)8-11-19-16)15-7-6-14-5-4-10-21-17(14)15/h4-5,8,10-12,15,18,20H,3,6-7,9H2,1-2H3. The number of pyridine rings is 2. The maximum absolute atomic E-state index is 4.65. The van der Waals surface area contributed by atoms with Crippen molar-refractivity contribution < 1.29 is 0 Å². The Labute approximate surface area is 126 Å². The van der Waals surface area contributed by atoms with Gasteiger partial charge in [-0.25, -0.2) is 0 Å². The SMILES string of the molecule is CCCNC(c1cc(C)ccn1)C1CCc2cccnc21. The highest BCUT2D eigenvalue weighted by Gasteiger charge is 2.32. The second-order valence-corrected chi connectivity index (χ2v) is 5.88. The molecule has 0 saturated heterocycles. The average molecular weight is 281 g/mol. The molecular weight excluding hydrogens is 258 g/mol. The van der Waals surface area contributed by atoms with Gasteiger partial charge >= 0.3 is 0 Å². The molecule has 1 aliphatic rings. The first kappa shape index (κ1) is 14.2. The van der Waals surface area contributed by atoms with Crippen LogP contribution in [0.15, 0.2) is 36.7 Å². The Morgan fingerprint density at radius 2 is 2.19 bits per heavy atom. The van der Waals surface area contributed by atoms with Gasteiger partial charge in [0.2, 0.25) is 0 Å². The van der Waals surface area contributed by atoms with E-state index in [0.717, 1.165) is 31.5 Å². The van der Waals surface area contributed by atoms with Gasteiger partial charge in [0.05, 0.1) is 11.7 Å². The van der Waals surface area contributed by atoms with E-state index in [1.807, 2.05) is 18.5 Å². The number of rotatable bonds is 5. The maximum atomic E-state index is 4.65. The van der Waals surface area contributed by atoms with E-state index in [4.69, 9.17) is 0 Å². The Balaban J connectivity index is 1.93. The van der Waals surface area contributed by atoms with E-state index in [1.54, 1.807) is 0 Å². The summed E-state index contributed by atoms with van der Waals surface area (Å²) < 4.78 is 0. The van der Waals surface area contributed by atoms with Crippen LogP contribution in [0.25, 0.3) is 0 Å². The van der Waals surface area contributed by atoms with Gasteiger partial charge in [-0.15, -0.1) is 0 Å². The zero-order valence-corrected chi connectivity index (χ0v) is 12.8. The third-order valence-corrected chi connectivity index (χ3v) is 4.27. The number of hydrogen-bond acceptors (Lipinski definition) is 3. The number of hydrogen-bond donors (Lipinski definition) is 1. The minimum absolute atomic E-state index is 0.265. The van der Waals surface area contributed by atoms with Crippen molar-refractivity contribution in [1.29, 1.82) is 0 Å². The molecule has 1 N–H and O–H groups in total. The normalized spacial score (nSPS) is 18.5. The lowest BCUT2D eigenvalue weighted by Gasteiger charge is -2.25. The fraction of sp³-hybridized carbons (Fsp3) is 0.444. The largest absolute Gasteiger partial charge is 0.308 e. The van der Waals surface area contributed by atoms with Gasteiger partial charge in [-0.1, -0.05) is 13.0 Å². The van der Waals surface area contributed by atoms with E-state index in [9.17, 15) is 0 Å². The van der Waals surface area contributed by atoms with Crippen molar-refractivity contribution in [3.8, 4) is 0 Å². The Bertz CT molecular complexity index is 609. The average Bonchev–Trinajstić information content (AvgIpc) is 2.92. The van der Waals surface area contributed by atoms with Crippen molar-refractivity contribution in [2.24, 2.45) is 0 Å². The summed E-state index contributed by atoms with van der Waals surface area (Å²) in [4.78, 5) is 9.27. The molecule has 0 fully saturated rings. The van der Waals surface area contributed by atoms with E-state index < -0.39 is 0 Å². The summed E-state index contributed by atoms with van der Waals surface area (Å²) in [6, 6.07) is 8.78. The van der Waals surface area contributed by atoms with Crippen molar-refractivity contribution in [1.82, 2.24) is 15.3 Å². The number of nitrogens with zero attached hydrogens (tertiary/aromatic N) is 2. The molecule has 0 amide bonds. The third-order valence-electron chi connectivity index (χ3n) is 4.27. The molecule has 0 aromatic carbocycles. The Kier molecular flexibility index (Phi) is 4.30. The van der Waals surface area contributed by atoms with Crippen molar-refractivity contribution >= 4 is 0 Å². The number of aryl methyl sites for hydroxylation is 2. The first-order chi connectivity index (χ1) is 10.3. The predicted molar refractivity (Wildman–Crippen MR) is 85.3 cm³/mol. The summed E-state index contributed by atoms with van der Waals surface area (Å²) >= 11 is 0. The third kappa shape index (κ3) is 2.98.